The summed E-state index contributed by atoms with van der Waals surface area (Å²) in [5.41, 5.74) is 1.32. The molecule has 1 aliphatic carbocycles. The fraction of sp³-hybridized carbons (Fsp3) is 0.500. The zero-order valence-electron chi connectivity index (χ0n) is 20.4. The van der Waals surface area contributed by atoms with E-state index in [1.165, 1.54) is 17.7 Å². The van der Waals surface area contributed by atoms with Crippen molar-refractivity contribution in [3.05, 3.63) is 66.0 Å². The summed E-state index contributed by atoms with van der Waals surface area (Å²) in [5, 5.41) is 23.1. The quantitative estimate of drug-likeness (QED) is 0.465. The first-order chi connectivity index (χ1) is 17.4. The number of carboxylic acids is 1. The van der Waals surface area contributed by atoms with Gasteiger partial charge in [-0.1, -0.05) is 42.5 Å². The Balaban J connectivity index is 1.41. The largest absolute Gasteiger partial charge is 0.485 e. The molecule has 8 heteroatoms. The number of hydrogen-bond acceptors (Lipinski definition) is 5. The predicted octanol–water partition coefficient (Wildman–Crippen LogP) is 3.40. The molecule has 0 aromatic heterocycles. The summed E-state index contributed by atoms with van der Waals surface area (Å²) < 4.78 is 20.1. The van der Waals surface area contributed by atoms with Crippen LogP contribution in [0.5, 0.6) is 5.75 Å². The zero-order chi connectivity index (χ0) is 25.5. The number of aliphatic hydroxyl groups excluding tert-OH is 1. The number of halogens is 1. The number of amides is 1. The van der Waals surface area contributed by atoms with Crippen LogP contribution in [0.2, 0.25) is 0 Å². The summed E-state index contributed by atoms with van der Waals surface area (Å²) in [5.74, 6) is -1.05. The van der Waals surface area contributed by atoms with Crippen LogP contribution in [0, 0.1) is 11.7 Å². The van der Waals surface area contributed by atoms with Crippen molar-refractivity contribution in [3.63, 3.8) is 0 Å². The molecule has 1 saturated carbocycles. The predicted molar refractivity (Wildman–Crippen MR) is 133 cm³/mol. The van der Waals surface area contributed by atoms with E-state index in [0.29, 0.717) is 12.3 Å². The van der Waals surface area contributed by atoms with E-state index < -0.39 is 24.0 Å². The van der Waals surface area contributed by atoms with Crippen molar-refractivity contribution < 1.29 is 28.9 Å². The minimum absolute atomic E-state index is 0.0713. The minimum atomic E-state index is -0.936. The summed E-state index contributed by atoms with van der Waals surface area (Å²) in [4.78, 5) is 25.6. The molecule has 0 unspecified atom stereocenters. The Morgan fingerprint density at radius 2 is 1.72 bits per heavy atom. The van der Waals surface area contributed by atoms with Crippen molar-refractivity contribution in [2.75, 3.05) is 13.1 Å². The van der Waals surface area contributed by atoms with Gasteiger partial charge in [0.25, 0.3) is 0 Å². The molecule has 1 amide bonds. The first kappa shape index (κ1) is 26.1. The van der Waals surface area contributed by atoms with E-state index >= 15 is 0 Å². The second kappa shape index (κ2) is 12.3. The van der Waals surface area contributed by atoms with Crippen LogP contribution in [-0.4, -0.2) is 64.4 Å². The maximum absolute atomic E-state index is 14.2. The molecular formula is C28H35FN2O5. The molecule has 2 aromatic carbocycles. The number of aliphatic carboxylic acids is 1. The molecule has 0 radical (unpaired) electrons. The topological polar surface area (TPSA) is 99.1 Å². The van der Waals surface area contributed by atoms with Crippen molar-refractivity contribution in [3.8, 4) is 5.75 Å². The van der Waals surface area contributed by atoms with E-state index in [1.54, 1.807) is 12.1 Å². The van der Waals surface area contributed by atoms with Gasteiger partial charge in [0.15, 0.2) is 11.6 Å². The molecule has 36 heavy (non-hydrogen) atoms. The van der Waals surface area contributed by atoms with E-state index in [9.17, 15) is 19.1 Å². The van der Waals surface area contributed by atoms with Gasteiger partial charge in [0.05, 0.1) is 12.1 Å². The average Bonchev–Trinajstić information content (AvgIpc) is 3.15. The van der Waals surface area contributed by atoms with Gasteiger partial charge in [-0.3, -0.25) is 14.5 Å². The smallest absolute Gasteiger partial charge is 0.303 e. The van der Waals surface area contributed by atoms with Crippen molar-refractivity contribution in [1.82, 2.24) is 10.2 Å². The van der Waals surface area contributed by atoms with Gasteiger partial charge in [0, 0.05) is 19.3 Å². The van der Waals surface area contributed by atoms with Crippen LogP contribution in [0.1, 0.15) is 44.1 Å². The van der Waals surface area contributed by atoms with Crippen LogP contribution in [0.15, 0.2) is 54.6 Å². The number of para-hydroxylation sites is 1. The van der Waals surface area contributed by atoms with E-state index in [2.05, 4.69) is 34.5 Å². The summed E-state index contributed by atoms with van der Waals surface area (Å²) in [6.45, 7) is 1.58. The van der Waals surface area contributed by atoms with Crippen LogP contribution in [0.3, 0.4) is 0 Å². The van der Waals surface area contributed by atoms with Gasteiger partial charge in [-0.15, -0.1) is 0 Å². The van der Waals surface area contributed by atoms with Crippen LogP contribution < -0.4 is 10.1 Å². The third kappa shape index (κ3) is 6.83. The Kier molecular flexibility index (Phi) is 8.93. The lowest BCUT2D eigenvalue weighted by atomic mass is 9.89. The standard InChI is InChI=1S/C28H35FN2O5/c29-21-9-4-5-10-23(21)36-24-18-22(30-25(32)11-6-12-26(33)34)27(28(24)35)31-15-13-20(14-16-31)17-19-7-2-1-3-8-19/h1-5,7-10,20,22,24,27-28,35H,6,11-18H2,(H,30,32)(H,33,34)/t22-,24-,27+,28+/m1/s1. The SMILES string of the molecule is O=C(O)CCCC(=O)N[C@@H]1C[C@@H](Oc2ccccc2F)[C@H](O)[C@H]1N1CCC(Cc2ccccc2)CC1. The highest BCUT2D eigenvalue weighted by Gasteiger charge is 2.48. The fourth-order valence-corrected chi connectivity index (χ4v) is 5.50. The number of carboxylic acid groups (broad SMARTS) is 1. The van der Waals surface area contributed by atoms with Gasteiger partial charge in [-0.05, 0) is 62.4 Å². The number of ether oxygens (including phenoxy) is 1. The molecule has 4 atom stereocenters. The Bertz CT molecular complexity index is 1010. The number of piperidine rings is 1. The number of nitrogens with zero attached hydrogens (tertiary/aromatic N) is 1. The lowest BCUT2D eigenvalue weighted by molar-refractivity contribution is -0.137. The average molecular weight is 499 g/mol. The number of nitrogens with one attached hydrogen (secondary N) is 1. The van der Waals surface area contributed by atoms with Crippen LogP contribution in [0.25, 0.3) is 0 Å². The Morgan fingerprint density at radius 1 is 1.03 bits per heavy atom. The molecule has 4 rings (SSSR count). The Labute approximate surface area is 211 Å². The second-order valence-corrected chi connectivity index (χ2v) is 9.89. The zero-order valence-corrected chi connectivity index (χ0v) is 20.4. The van der Waals surface area contributed by atoms with Crippen LogP contribution >= 0.6 is 0 Å². The number of benzene rings is 2. The minimum Gasteiger partial charge on any atom is -0.485 e. The number of rotatable bonds is 10. The monoisotopic (exact) mass is 498 g/mol. The van der Waals surface area contributed by atoms with Gasteiger partial charge >= 0.3 is 5.97 Å². The number of hydrogen-bond donors (Lipinski definition) is 3. The highest BCUT2D eigenvalue weighted by molar-refractivity contribution is 5.77. The molecule has 2 aromatic rings. The highest BCUT2D eigenvalue weighted by atomic mass is 19.1. The Morgan fingerprint density at radius 3 is 2.42 bits per heavy atom. The van der Waals surface area contributed by atoms with E-state index in [-0.39, 0.29) is 43.0 Å². The van der Waals surface area contributed by atoms with E-state index in [4.69, 9.17) is 9.84 Å². The maximum atomic E-state index is 14.2. The van der Waals surface area contributed by atoms with Gasteiger partial charge in [-0.25, -0.2) is 4.39 Å². The van der Waals surface area contributed by atoms with Gasteiger partial charge in [0.1, 0.15) is 12.2 Å². The van der Waals surface area contributed by atoms with Gasteiger partial charge in [-0.2, -0.15) is 0 Å². The molecule has 3 N–H and O–H groups in total. The summed E-state index contributed by atoms with van der Waals surface area (Å²) in [6.07, 6.45) is 2.03. The number of carbonyl (C=O) groups is 2. The molecule has 1 heterocycles. The molecule has 1 saturated heterocycles. The first-order valence-electron chi connectivity index (χ1n) is 12.8. The van der Waals surface area contributed by atoms with Crippen molar-refractivity contribution >= 4 is 11.9 Å². The van der Waals surface area contributed by atoms with E-state index in [0.717, 1.165) is 32.4 Å². The third-order valence-electron chi connectivity index (χ3n) is 7.32. The van der Waals surface area contributed by atoms with Crippen LogP contribution in [0.4, 0.5) is 4.39 Å². The highest BCUT2D eigenvalue weighted by Crippen LogP contribution is 2.33. The molecular weight excluding hydrogens is 463 g/mol. The third-order valence-corrected chi connectivity index (χ3v) is 7.32. The molecule has 0 bridgehead atoms. The number of carbonyl (C=O) groups excluding carboxylic acids is 1. The normalized spacial score (nSPS) is 24.9. The first-order valence-corrected chi connectivity index (χ1v) is 12.8. The van der Waals surface area contributed by atoms with Crippen molar-refractivity contribution in [2.45, 2.75) is 69.2 Å². The summed E-state index contributed by atoms with van der Waals surface area (Å²) >= 11 is 0. The summed E-state index contributed by atoms with van der Waals surface area (Å²) in [7, 11) is 0. The maximum Gasteiger partial charge on any atom is 0.303 e. The molecule has 1 aliphatic heterocycles. The van der Waals surface area contributed by atoms with Crippen molar-refractivity contribution in [2.24, 2.45) is 5.92 Å². The second-order valence-electron chi connectivity index (χ2n) is 9.89. The Hall–Kier alpha value is -2.97. The lowest BCUT2D eigenvalue weighted by Gasteiger charge is -2.40. The molecule has 194 valence electrons. The van der Waals surface area contributed by atoms with Gasteiger partial charge in [0.2, 0.25) is 5.91 Å². The van der Waals surface area contributed by atoms with Crippen LogP contribution in [-0.2, 0) is 16.0 Å². The van der Waals surface area contributed by atoms with E-state index in [1.807, 2.05) is 6.07 Å². The summed E-state index contributed by atoms with van der Waals surface area (Å²) in [6, 6.07) is 15.8. The molecule has 0 spiro atoms. The fourth-order valence-electron chi connectivity index (χ4n) is 5.50. The number of aliphatic hydroxyl groups is 1. The van der Waals surface area contributed by atoms with Crippen molar-refractivity contribution in [1.29, 1.82) is 0 Å². The lowest BCUT2D eigenvalue weighted by Crippen LogP contribution is -2.55. The molecule has 2 fully saturated rings. The molecule has 2 aliphatic rings. The molecule has 7 nitrogen and oxygen atoms in total. The number of likely N-dealkylation sites (tertiary alicyclic amines) is 1. The van der Waals surface area contributed by atoms with Gasteiger partial charge < -0.3 is 20.3 Å².